The first kappa shape index (κ1) is 14.5. The van der Waals surface area contributed by atoms with Gasteiger partial charge in [-0.1, -0.05) is 12.1 Å². The molecule has 1 N–H and O–H groups in total. The van der Waals surface area contributed by atoms with E-state index in [0.29, 0.717) is 0 Å². The minimum absolute atomic E-state index is 0.0522. The minimum Gasteiger partial charge on any atom is -0.435 e. The van der Waals surface area contributed by atoms with Crippen molar-refractivity contribution in [2.45, 2.75) is 26.1 Å². The zero-order chi connectivity index (χ0) is 14.5. The first-order valence-electron chi connectivity index (χ1n) is 6.43. The molecule has 0 aliphatic carbocycles. The molecule has 1 unspecified atom stereocenters. The number of benzene rings is 1. The van der Waals surface area contributed by atoms with Gasteiger partial charge in [-0.15, -0.1) is 0 Å². The van der Waals surface area contributed by atoms with E-state index in [1.165, 1.54) is 11.6 Å². The number of aryl methyl sites for hydroxylation is 1. The number of hydrogen-bond acceptors (Lipinski definition) is 2. The lowest BCUT2D eigenvalue weighted by Gasteiger charge is -2.15. The number of nitrogens with zero attached hydrogens (tertiary/aromatic N) is 1. The predicted octanol–water partition coefficient (Wildman–Crippen LogP) is 3.48. The molecule has 0 saturated heterocycles. The minimum atomic E-state index is -2.79. The summed E-state index contributed by atoms with van der Waals surface area (Å²) in [6.45, 7) is -0.0790. The van der Waals surface area contributed by atoms with Crippen LogP contribution in [0.2, 0.25) is 0 Å². The van der Waals surface area contributed by atoms with E-state index in [-0.39, 0.29) is 11.8 Å². The molecule has 0 aliphatic rings. The molecular formula is C15H18F2N2O. The first-order chi connectivity index (χ1) is 9.54. The Labute approximate surface area is 117 Å². The lowest BCUT2D eigenvalue weighted by Crippen LogP contribution is -2.18. The number of ether oxygens (including phenoxy) is 1. The van der Waals surface area contributed by atoms with Crippen molar-refractivity contribution in [2.24, 2.45) is 7.05 Å². The molecule has 1 atom stereocenters. The van der Waals surface area contributed by atoms with Crippen LogP contribution < -0.4 is 10.1 Å². The molecule has 1 aromatic heterocycles. The maximum atomic E-state index is 12.2. The largest absolute Gasteiger partial charge is 0.435 e. The van der Waals surface area contributed by atoms with Gasteiger partial charge in [-0.05, 0) is 36.2 Å². The molecule has 0 amide bonds. The zero-order valence-corrected chi connectivity index (χ0v) is 11.5. The summed E-state index contributed by atoms with van der Waals surface area (Å²) in [5.41, 5.74) is 2.10. The summed E-state index contributed by atoms with van der Waals surface area (Å²) in [6, 6.07) is 8.86. The first-order valence-corrected chi connectivity index (χ1v) is 6.43. The second-order valence-corrected chi connectivity index (χ2v) is 4.74. The second-order valence-electron chi connectivity index (χ2n) is 4.74. The van der Waals surface area contributed by atoms with Crippen molar-refractivity contribution in [1.29, 1.82) is 0 Å². The summed E-state index contributed by atoms with van der Waals surface area (Å²) >= 11 is 0. The van der Waals surface area contributed by atoms with Crippen molar-refractivity contribution in [1.82, 2.24) is 9.88 Å². The van der Waals surface area contributed by atoms with Crippen LogP contribution in [0, 0.1) is 0 Å². The summed E-state index contributed by atoms with van der Waals surface area (Å²) in [4.78, 5) is 0. The molecule has 0 bridgehead atoms. The Hall–Kier alpha value is -1.88. The van der Waals surface area contributed by atoms with Gasteiger partial charge in [0.25, 0.3) is 0 Å². The topological polar surface area (TPSA) is 26.2 Å². The number of nitrogens with one attached hydrogen (secondary N) is 1. The van der Waals surface area contributed by atoms with Crippen LogP contribution >= 0.6 is 0 Å². The molecule has 108 valence electrons. The SMILES string of the molecule is CC(NCc1ccn(C)c1)c1cccc(OC(F)F)c1. The molecule has 0 spiro atoms. The molecule has 3 nitrogen and oxygen atoms in total. The van der Waals surface area contributed by atoms with Crippen LogP contribution in [0.3, 0.4) is 0 Å². The molecule has 0 fully saturated rings. The second kappa shape index (κ2) is 6.52. The van der Waals surface area contributed by atoms with Crippen LogP contribution in [0.1, 0.15) is 24.1 Å². The zero-order valence-electron chi connectivity index (χ0n) is 11.5. The summed E-state index contributed by atoms with van der Waals surface area (Å²) in [5.74, 6) is 0.186. The van der Waals surface area contributed by atoms with E-state index in [2.05, 4.69) is 10.1 Å². The van der Waals surface area contributed by atoms with Gasteiger partial charge in [-0.3, -0.25) is 0 Å². The molecule has 5 heteroatoms. The molecule has 0 aliphatic heterocycles. The summed E-state index contributed by atoms with van der Waals surface area (Å²) < 4.78 is 30.8. The highest BCUT2D eigenvalue weighted by molar-refractivity contribution is 5.30. The Kier molecular flexibility index (Phi) is 4.74. The van der Waals surface area contributed by atoms with E-state index in [1.54, 1.807) is 12.1 Å². The highest BCUT2D eigenvalue weighted by Gasteiger charge is 2.09. The highest BCUT2D eigenvalue weighted by Crippen LogP contribution is 2.21. The fraction of sp³-hybridized carbons (Fsp3) is 0.333. The van der Waals surface area contributed by atoms with Gasteiger partial charge >= 0.3 is 6.61 Å². The third kappa shape index (κ3) is 4.06. The molecule has 1 aromatic carbocycles. The third-order valence-corrected chi connectivity index (χ3v) is 3.09. The van der Waals surface area contributed by atoms with Crippen molar-refractivity contribution in [3.63, 3.8) is 0 Å². The van der Waals surface area contributed by atoms with E-state index in [4.69, 9.17) is 0 Å². The van der Waals surface area contributed by atoms with Crippen molar-refractivity contribution >= 4 is 0 Å². The number of halogens is 2. The molecule has 20 heavy (non-hydrogen) atoms. The molecular weight excluding hydrogens is 262 g/mol. The Bertz CT molecular complexity index is 554. The van der Waals surface area contributed by atoms with E-state index in [0.717, 1.165) is 12.1 Å². The van der Waals surface area contributed by atoms with Crippen LogP contribution in [0.15, 0.2) is 42.7 Å². The average molecular weight is 280 g/mol. The van der Waals surface area contributed by atoms with E-state index >= 15 is 0 Å². The van der Waals surface area contributed by atoms with Gasteiger partial charge in [0.2, 0.25) is 0 Å². The fourth-order valence-electron chi connectivity index (χ4n) is 2.01. The number of alkyl halides is 2. The van der Waals surface area contributed by atoms with E-state index in [9.17, 15) is 8.78 Å². The van der Waals surface area contributed by atoms with E-state index < -0.39 is 6.61 Å². The standard InChI is InChI=1S/C15H18F2N2O/c1-11(18-9-12-6-7-19(2)10-12)13-4-3-5-14(8-13)20-15(16)17/h3-8,10-11,15,18H,9H2,1-2H3. The van der Waals surface area contributed by atoms with Gasteiger partial charge in [-0.25, -0.2) is 0 Å². The monoisotopic (exact) mass is 280 g/mol. The maximum Gasteiger partial charge on any atom is 0.387 e. The summed E-state index contributed by atoms with van der Waals surface area (Å²) in [5, 5.41) is 3.35. The van der Waals surface area contributed by atoms with Crippen molar-refractivity contribution in [2.75, 3.05) is 0 Å². The predicted molar refractivity (Wildman–Crippen MR) is 73.7 cm³/mol. The Morgan fingerprint density at radius 2 is 2.10 bits per heavy atom. The van der Waals surface area contributed by atoms with Crippen LogP contribution in [0.5, 0.6) is 5.75 Å². The smallest absolute Gasteiger partial charge is 0.387 e. The van der Waals surface area contributed by atoms with Crippen molar-refractivity contribution < 1.29 is 13.5 Å². The van der Waals surface area contributed by atoms with Crippen LogP contribution in [0.25, 0.3) is 0 Å². The van der Waals surface area contributed by atoms with Gasteiger partial charge < -0.3 is 14.6 Å². The Morgan fingerprint density at radius 1 is 1.30 bits per heavy atom. The van der Waals surface area contributed by atoms with Gasteiger partial charge in [-0.2, -0.15) is 8.78 Å². The molecule has 1 heterocycles. The highest BCUT2D eigenvalue weighted by atomic mass is 19.3. The van der Waals surface area contributed by atoms with Crippen molar-refractivity contribution in [3.05, 3.63) is 53.9 Å². The average Bonchev–Trinajstić information content (AvgIpc) is 2.81. The van der Waals surface area contributed by atoms with Gasteiger partial charge in [0.05, 0.1) is 0 Å². The summed E-state index contributed by atoms with van der Waals surface area (Å²) in [7, 11) is 1.97. The molecule has 2 aromatic rings. The number of hydrogen-bond donors (Lipinski definition) is 1. The van der Waals surface area contributed by atoms with Crippen molar-refractivity contribution in [3.8, 4) is 5.75 Å². The molecule has 0 saturated carbocycles. The maximum absolute atomic E-state index is 12.2. The van der Waals surface area contributed by atoms with Gasteiger partial charge in [0.1, 0.15) is 5.75 Å². The number of aromatic nitrogens is 1. The normalized spacial score (nSPS) is 12.7. The number of rotatable bonds is 6. The van der Waals surface area contributed by atoms with Crippen LogP contribution in [-0.4, -0.2) is 11.2 Å². The van der Waals surface area contributed by atoms with Crippen LogP contribution in [0.4, 0.5) is 8.78 Å². The molecule has 0 radical (unpaired) electrons. The van der Waals surface area contributed by atoms with Gasteiger partial charge in [0, 0.05) is 32.0 Å². The molecule has 2 rings (SSSR count). The quantitative estimate of drug-likeness (QED) is 0.876. The lowest BCUT2D eigenvalue weighted by molar-refractivity contribution is -0.0499. The van der Waals surface area contributed by atoms with E-state index in [1.807, 2.05) is 43.1 Å². The summed E-state index contributed by atoms with van der Waals surface area (Å²) in [6.07, 6.45) is 4.02. The van der Waals surface area contributed by atoms with Crippen LogP contribution in [-0.2, 0) is 13.6 Å². The fourth-order valence-corrected chi connectivity index (χ4v) is 2.01. The Balaban J connectivity index is 1.96. The lowest BCUT2D eigenvalue weighted by atomic mass is 10.1. The Morgan fingerprint density at radius 3 is 2.75 bits per heavy atom. The third-order valence-electron chi connectivity index (χ3n) is 3.09. The van der Waals surface area contributed by atoms with Gasteiger partial charge in [0.15, 0.2) is 0 Å².